The number of esters is 1. The van der Waals surface area contributed by atoms with Crippen LogP contribution in [0.25, 0.3) is 0 Å². The van der Waals surface area contributed by atoms with E-state index in [4.69, 9.17) is 9.47 Å². The first-order chi connectivity index (χ1) is 15.4. The van der Waals surface area contributed by atoms with Crippen molar-refractivity contribution in [2.75, 3.05) is 19.5 Å². The van der Waals surface area contributed by atoms with E-state index in [1.807, 2.05) is 0 Å². The zero-order chi connectivity index (χ0) is 22.8. The van der Waals surface area contributed by atoms with Crippen LogP contribution in [0.5, 0.6) is 5.75 Å². The van der Waals surface area contributed by atoms with Crippen LogP contribution in [-0.4, -0.2) is 48.9 Å². The Hall–Kier alpha value is -3.68. The Balaban J connectivity index is 1.59. The maximum Gasteiger partial charge on any atom is 0.340 e. The fraction of sp³-hybridized carbons (Fsp3) is 0.333. The van der Waals surface area contributed by atoms with Crippen molar-refractivity contribution in [2.45, 2.75) is 38.1 Å². The van der Waals surface area contributed by atoms with E-state index in [-0.39, 0.29) is 40.2 Å². The summed E-state index contributed by atoms with van der Waals surface area (Å²) in [4.78, 5) is 52.2. The van der Waals surface area contributed by atoms with Crippen LogP contribution in [-0.2, 0) is 4.74 Å². The molecule has 166 valence electrons. The third-order valence-corrected chi connectivity index (χ3v) is 6.00. The molecule has 0 saturated heterocycles. The van der Waals surface area contributed by atoms with Gasteiger partial charge in [-0.3, -0.25) is 19.3 Å². The molecule has 32 heavy (non-hydrogen) atoms. The van der Waals surface area contributed by atoms with Crippen LogP contribution in [0.1, 0.15) is 73.5 Å². The van der Waals surface area contributed by atoms with E-state index >= 15 is 0 Å². The molecule has 2 aromatic carbocycles. The molecule has 0 bridgehead atoms. The molecule has 1 N–H and O–H groups in total. The molecule has 1 aliphatic heterocycles. The summed E-state index contributed by atoms with van der Waals surface area (Å²) in [6.07, 6.45) is 4.73. The first kappa shape index (κ1) is 21.5. The third kappa shape index (κ3) is 3.84. The molecule has 1 fully saturated rings. The molecular weight excluding hydrogens is 412 g/mol. The number of ether oxygens (including phenoxy) is 2. The van der Waals surface area contributed by atoms with Gasteiger partial charge < -0.3 is 14.8 Å². The Morgan fingerprint density at radius 3 is 2.34 bits per heavy atom. The van der Waals surface area contributed by atoms with Crippen molar-refractivity contribution in [3.05, 3.63) is 58.7 Å². The van der Waals surface area contributed by atoms with E-state index < -0.39 is 11.9 Å². The standard InChI is InChI=1S/C24H24N2O6/c1-31-16-9-11-20(19(13-16)24(30)32-2)25-21(27)14-8-10-17-18(12-14)23(29)26(22(17)28)15-6-4-3-5-7-15/h8-13,15H,3-7H2,1-2H3,(H,25,27). The van der Waals surface area contributed by atoms with Crippen molar-refractivity contribution in [3.8, 4) is 5.75 Å². The summed E-state index contributed by atoms with van der Waals surface area (Å²) in [6, 6.07) is 8.98. The van der Waals surface area contributed by atoms with Gasteiger partial charge in [0, 0.05) is 11.6 Å². The van der Waals surface area contributed by atoms with Crippen LogP contribution in [0.15, 0.2) is 36.4 Å². The van der Waals surface area contributed by atoms with E-state index in [1.165, 1.54) is 49.5 Å². The molecule has 2 aromatic rings. The predicted molar refractivity (Wildman–Crippen MR) is 116 cm³/mol. The van der Waals surface area contributed by atoms with Crippen LogP contribution < -0.4 is 10.1 Å². The SMILES string of the molecule is COC(=O)c1cc(OC)ccc1NC(=O)c1ccc2c(c1)C(=O)N(C1CCCCC1)C2=O. The van der Waals surface area contributed by atoms with Crippen LogP contribution in [0, 0.1) is 0 Å². The largest absolute Gasteiger partial charge is 0.497 e. The number of hydrogen-bond acceptors (Lipinski definition) is 6. The average molecular weight is 436 g/mol. The minimum absolute atomic E-state index is 0.0876. The molecule has 2 aliphatic rings. The molecule has 8 nitrogen and oxygen atoms in total. The van der Waals surface area contributed by atoms with E-state index in [0.29, 0.717) is 11.3 Å². The summed E-state index contributed by atoms with van der Waals surface area (Å²) >= 11 is 0. The minimum Gasteiger partial charge on any atom is -0.497 e. The van der Waals surface area contributed by atoms with Crippen molar-refractivity contribution in [2.24, 2.45) is 0 Å². The van der Waals surface area contributed by atoms with Crippen LogP contribution in [0.3, 0.4) is 0 Å². The van der Waals surface area contributed by atoms with E-state index in [2.05, 4.69) is 5.32 Å². The number of amides is 3. The lowest BCUT2D eigenvalue weighted by Crippen LogP contribution is -2.40. The number of carbonyl (C=O) groups is 4. The summed E-state index contributed by atoms with van der Waals surface area (Å²) in [5.41, 5.74) is 1.14. The van der Waals surface area contributed by atoms with Gasteiger partial charge in [-0.25, -0.2) is 4.79 Å². The second-order valence-electron chi connectivity index (χ2n) is 7.89. The average Bonchev–Trinajstić information content (AvgIpc) is 3.08. The maximum absolute atomic E-state index is 13.0. The molecule has 0 spiro atoms. The van der Waals surface area contributed by atoms with Gasteiger partial charge in [-0.1, -0.05) is 19.3 Å². The maximum atomic E-state index is 13.0. The lowest BCUT2D eigenvalue weighted by Gasteiger charge is -2.29. The molecule has 1 aliphatic carbocycles. The molecule has 4 rings (SSSR count). The van der Waals surface area contributed by atoms with Gasteiger partial charge in [0.25, 0.3) is 17.7 Å². The summed E-state index contributed by atoms with van der Waals surface area (Å²) in [5, 5.41) is 2.68. The quantitative estimate of drug-likeness (QED) is 0.567. The first-order valence-corrected chi connectivity index (χ1v) is 10.5. The van der Waals surface area contributed by atoms with Gasteiger partial charge in [-0.2, -0.15) is 0 Å². The van der Waals surface area contributed by atoms with Crippen LogP contribution in [0.4, 0.5) is 5.69 Å². The number of anilines is 1. The molecule has 0 unspecified atom stereocenters. The van der Waals surface area contributed by atoms with Crippen molar-refractivity contribution < 1.29 is 28.7 Å². The van der Waals surface area contributed by atoms with Crippen LogP contribution >= 0.6 is 0 Å². The second kappa shape index (κ2) is 8.82. The molecule has 0 radical (unpaired) electrons. The third-order valence-electron chi connectivity index (χ3n) is 6.00. The van der Waals surface area contributed by atoms with Crippen molar-refractivity contribution in [3.63, 3.8) is 0 Å². The molecule has 1 saturated carbocycles. The summed E-state index contributed by atoms with van der Waals surface area (Å²) in [6.45, 7) is 0. The molecule has 3 amide bonds. The van der Waals surface area contributed by atoms with Gasteiger partial charge in [0.05, 0.1) is 36.6 Å². The number of fused-ring (bicyclic) bond motifs is 1. The van der Waals surface area contributed by atoms with Gasteiger partial charge >= 0.3 is 5.97 Å². The molecule has 0 aromatic heterocycles. The van der Waals surface area contributed by atoms with Crippen molar-refractivity contribution >= 4 is 29.4 Å². The number of imide groups is 1. The van der Waals surface area contributed by atoms with Crippen LogP contribution in [0.2, 0.25) is 0 Å². The van der Waals surface area contributed by atoms with E-state index in [9.17, 15) is 19.2 Å². The number of rotatable bonds is 5. The van der Waals surface area contributed by atoms with Gasteiger partial charge in [-0.05, 0) is 49.2 Å². The molecular formula is C24H24N2O6. The first-order valence-electron chi connectivity index (χ1n) is 10.5. The number of nitrogens with zero attached hydrogens (tertiary/aromatic N) is 1. The highest BCUT2D eigenvalue weighted by molar-refractivity contribution is 6.22. The summed E-state index contributed by atoms with van der Waals surface area (Å²) in [5.74, 6) is -1.36. The van der Waals surface area contributed by atoms with Gasteiger partial charge in [0.15, 0.2) is 0 Å². The normalized spacial score (nSPS) is 16.0. The highest BCUT2D eigenvalue weighted by atomic mass is 16.5. The fourth-order valence-electron chi connectivity index (χ4n) is 4.30. The van der Waals surface area contributed by atoms with E-state index in [0.717, 1.165) is 32.1 Å². The van der Waals surface area contributed by atoms with Gasteiger partial charge in [0.1, 0.15) is 5.75 Å². The lowest BCUT2D eigenvalue weighted by molar-refractivity contribution is 0.0546. The highest BCUT2D eigenvalue weighted by Crippen LogP contribution is 2.32. The zero-order valence-electron chi connectivity index (χ0n) is 18.0. The summed E-state index contributed by atoms with van der Waals surface area (Å²) < 4.78 is 9.92. The Morgan fingerprint density at radius 2 is 1.66 bits per heavy atom. The lowest BCUT2D eigenvalue weighted by atomic mass is 9.94. The van der Waals surface area contributed by atoms with Crippen molar-refractivity contribution in [1.82, 2.24) is 4.90 Å². The van der Waals surface area contributed by atoms with Gasteiger partial charge in [0.2, 0.25) is 0 Å². The molecule has 1 heterocycles. The highest BCUT2D eigenvalue weighted by Gasteiger charge is 2.40. The second-order valence-corrected chi connectivity index (χ2v) is 7.89. The smallest absolute Gasteiger partial charge is 0.340 e. The molecule has 8 heteroatoms. The minimum atomic E-state index is -0.628. The Labute approximate surface area is 185 Å². The zero-order valence-corrected chi connectivity index (χ0v) is 18.0. The number of hydrogen-bond donors (Lipinski definition) is 1. The fourth-order valence-corrected chi connectivity index (χ4v) is 4.30. The predicted octanol–water partition coefficient (Wildman–Crippen LogP) is 3.66. The van der Waals surface area contributed by atoms with Crippen molar-refractivity contribution in [1.29, 1.82) is 0 Å². The number of nitrogens with one attached hydrogen (secondary N) is 1. The topological polar surface area (TPSA) is 102 Å². The monoisotopic (exact) mass is 436 g/mol. The number of carbonyl (C=O) groups excluding carboxylic acids is 4. The number of benzene rings is 2. The molecule has 0 atom stereocenters. The Bertz CT molecular complexity index is 1100. The van der Waals surface area contributed by atoms with Gasteiger partial charge in [-0.15, -0.1) is 0 Å². The van der Waals surface area contributed by atoms with E-state index in [1.54, 1.807) is 6.07 Å². The Morgan fingerprint density at radius 1 is 0.938 bits per heavy atom. The Kier molecular flexibility index (Phi) is 5.94. The number of methoxy groups -OCH3 is 2. The summed E-state index contributed by atoms with van der Waals surface area (Å²) in [7, 11) is 2.71.